The van der Waals surface area contributed by atoms with E-state index in [1.165, 1.54) is 51.4 Å². The van der Waals surface area contributed by atoms with Crippen LogP contribution in [0.15, 0.2) is 11.6 Å². The summed E-state index contributed by atoms with van der Waals surface area (Å²) in [5, 5.41) is 0. The van der Waals surface area contributed by atoms with E-state index in [1.807, 2.05) is 0 Å². The summed E-state index contributed by atoms with van der Waals surface area (Å²) in [5.74, 6) is 3.16. The number of esters is 1. The summed E-state index contributed by atoms with van der Waals surface area (Å²) >= 11 is 0. The Bertz CT molecular complexity index is 799. The summed E-state index contributed by atoms with van der Waals surface area (Å²) < 4.78 is 6.03. The van der Waals surface area contributed by atoms with Crippen LogP contribution in [0.5, 0.6) is 0 Å². The predicted octanol–water partition coefficient (Wildman–Crippen LogP) is 5.94. The van der Waals surface area contributed by atoms with Crippen molar-refractivity contribution in [3.05, 3.63) is 11.6 Å². The van der Waals surface area contributed by atoms with Gasteiger partial charge in [0, 0.05) is 6.54 Å². The molecule has 0 aromatic heterocycles. The number of ether oxygens (including phenoxy) is 1. The van der Waals surface area contributed by atoms with Crippen LogP contribution < -0.4 is 0 Å². The highest BCUT2D eigenvalue weighted by Crippen LogP contribution is 2.66. The second-order valence-electron chi connectivity index (χ2n) is 12.6. The molecule has 7 atom stereocenters. The molecule has 3 saturated carbocycles. The average Bonchev–Trinajstić information content (AvgIpc) is 3.16. The number of fused-ring (bicyclic) bond motifs is 5. The van der Waals surface area contributed by atoms with E-state index in [0.29, 0.717) is 29.5 Å². The summed E-state index contributed by atoms with van der Waals surface area (Å²) in [6.45, 7) is 9.85. The lowest BCUT2D eigenvalue weighted by Gasteiger charge is -2.60. The Labute approximate surface area is 200 Å². The fraction of sp³-hybridized carbons (Fsp3) is 0.862. The SMILES string of the molecule is CC(=O)C1=CC[C@@H]2[C@@H]3CC[C@H]4C[C@@H](OC(=O)CCN5CCCCC5)CC[C@]4(C)[C@H]3CC[C@]12C. The van der Waals surface area contributed by atoms with E-state index in [0.717, 1.165) is 56.3 Å². The molecule has 5 aliphatic rings. The number of carbonyl (C=O) groups excluding carboxylic acids is 2. The highest BCUT2D eigenvalue weighted by molar-refractivity contribution is 5.95. The maximum Gasteiger partial charge on any atom is 0.307 e. The van der Waals surface area contributed by atoms with Crippen molar-refractivity contribution in [2.75, 3.05) is 19.6 Å². The van der Waals surface area contributed by atoms with Crippen molar-refractivity contribution in [3.63, 3.8) is 0 Å². The first kappa shape index (κ1) is 23.6. The van der Waals surface area contributed by atoms with Crippen LogP contribution in [0.1, 0.15) is 97.8 Å². The number of carbonyl (C=O) groups is 2. The zero-order chi connectivity index (χ0) is 23.2. The molecule has 1 heterocycles. The lowest BCUT2D eigenvalue weighted by molar-refractivity contribution is -0.161. The maximum absolute atomic E-state index is 12.6. The number of rotatable bonds is 5. The molecule has 5 rings (SSSR count). The van der Waals surface area contributed by atoms with Crippen LogP contribution >= 0.6 is 0 Å². The van der Waals surface area contributed by atoms with Crippen LogP contribution in [0.3, 0.4) is 0 Å². The minimum Gasteiger partial charge on any atom is -0.462 e. The molecule has 0 aromatic rings. The van der Waals surface area contributed by atoms with Gasteiger partial charge in [-0.1, -0.05) is 26.3 Å². The first-order valence-electron chi connectivity index (χ1n) is 13.9. The van der Waals surface area contributed by atoms with Crippen molar-refractivity contribution >= 4 is 11.8 Å². The molecule has 4 fully saturated rings. The van der Waals surface area contributed by atoms with E-state index in [9.17, 15) is 9.59 Å². The van der Waals surface area contributed by atoms with E-state index < -0.39 is 0 Å². The number of allylic oxidation sites excluding steroid dienone is 2. The molecule has 33 heavy (non-hydrogen) atoms. The monoisotopic (exact) mass is 455 g/mol. The molecular weight excluding hydrogens is 410 g/mol. The van der Waals surface area contributed by atoms with Gasteiger partial charge in [-0.15, -0.1) is 0 Å². The van der Waals surface area contributed by atoms with Crippen molar-refractivity contribution in [2.45, 2.75) is 104 Å². The van der Waals surface area contributed by atoms with Gasteiger partial charge in [-0.25, -0.2) is 0 Å². The van der Waals surface area contributed by atoms with Crippen molar-refractivity contribution in [1.29, 1.82) is 0 Å². The molecule has 0 unspecified atom stereocenters. The summed E-state index contributed by atoms with van der Waals surface area (Å²) in [7, 11) is 0. The van der Waals surface area contributed by atoms with Crippen LogP contribution in [0, 0.1) is 34.5 Å². The van der Waals surface area contributed by atoms with Gasteiger partial charge in [0.25, 0.3) is 0 Å². The molecule has 4 nitrogen and oxygen atoms in total. The van der Waals surface area contributed by atoms with Crippen LogP contribution in [-0.4, -0.2) is 42.4 Å². The Balaban J connectivity index is 1.18. The molecule has 1 aliphatic heterocycles. The lowest BCUT2D eigenvalue weighted by Crippen LogP contribution is -2.54. The summed E-state index contributed by atoms with van der Waals surface area (Å²) in [6, 6.07) is 0. The highest BCUT2D eigenvalue weighted by Gasteiger charge is 2.59. The van der Waals surface area contributed by atoms with Crippen LogP contribution in [-0.2, 0) is 14.3 Å². The van der Waals surface area contributed by atoms with Gasteiger partial charge < -0.3 is 9.64 Å². The minimum absolute atomic E-state index is 0.0186. The fourth-order valence-corrected chi connectivity index (χ4v) is 9.12. The number of hydrogen-bond acceptors (Lipinski definition) is 4. The molecule has 0 bridgehead atoms. The quantitative estimate of drug-likeness (QED) is 0.481. The summed E-state index contributed by atoms with van der Waals surface area (Å²) in [4.78, 5) is 27.3. The van der Waals surface area contributed by atoms with E-state index >= 15 is 0 Å². The molecule has 0 amide bonds. The van der Waals surface area contributed by atoms with Gasteiger partial charge in [-0.05, 0) is 124 Å². The third-order valence-electron chi connectivity index (χ3n) is 11.0. The number of ketones is 1. The van der Waals surface area contributed by atoms with Gasteiger partial charge in [0.05, 0.1) is 6.42 Å². The normalized spacial score (nSPS) is 43.1. The summed E-state index contributed by atoms with van der Waals surface area (Å²) in [6.07, 6.45) is 16.2. The first-order valence-corrected chi connectivity index (χ1v) is 13.9. The average molecular weight is 456 g/mol. The standard InChI is InChI=1S/C29H45NO3/c1-20(31)24-9-10-25-23-8-7-21-19-22(33-27(32)13-18-30-16-5-4-6-17-30)11-14-28(21,2)26(23)12-15-29(24,25)3/h9,21-23,25-26H,4-8,10-19H2,1-3H3/t21-,22-,23-,25+,26-,28-,29+/m0/s1. The van der Waals surface area contributed by atoms with Crippen LogP contribution in [0.2, 0.25) is 0 Å². The van der Waals surface area contributed by atoms with Crippen molar-refractivity contribution in [2.24, 2.45) is 34.5 Å². The highest BCUT2D eigenvalue weighted by atomic mass is 16.5. The molecule has 184 valence electrons. The zero-order valence-corrected chi connectivity index (χ0v) is 21.2. The molecular formula is C29H45NO3. The molecule has 1 saturated heterocycles. The number of Topliss-reactive ketones (excluding diaryl/α,β-unsaturated/α-hetero) is 1. The molecule has 4 aliphatic carbocycles. The number of hydrogen-bond donors (Lipinski definition) is 0. The van der Waals surface area contributed by atoms with E-state index in [1.54, 1.807) is 6.92 Å². The maximum atomic E-state index is 12.6. The second-order valence-corrected chi connectivity index (χ2v) is 12.6. The van der Waals surface area contributed by atoms with Crippen molar-refractivity contribution in [3.8, 4) is 0 Å². The molecule has 0 radical (unpaired) electrons. The van der Waals surface area contributed by atoms with Gasteiger partial charge in [-0.3, -0.25) is 9.59 Å². The topological polar surface area (TPSA) is 46.6 Å². The molecule has 0 spiro atoms. The molecule has 0 N–H and O–H groups in total. The molecule has 0 aromatic carbocycles. The van der Waals surface area contributed by atoms with Crippen molar-refractivity contribution in [1.82, 2.24) is 4.90 Å². The van der Waals surface area contributed by atoms with E-state index in [-0.39, 0.29) is 17.5 Å². The van der Waals surface area contributed by atoms with Gasteiger partial charge in [0.2, 0.25) is 0 Å². The fourth-order valence-electron chi connectivity index (χ4n) is 9.12. The predicted molar refractivity (Wildman–Crippen MR) is 131 cm³/mol. The Hall–Kier alpha value is -1.16. The van der Waals surface area contributed by atoms with Gasteiger partial charge in [-0.2, -0.15) is 0 Å². The van der Waals surface area contributed by atoms with E-state index in [4.69, 9.17) is 4.74 Å². The van der Waals surface area contributed by atoms with Crippen molar-refractivity contribution < 1.29 is 14.3 Å². The van der Waals surface area contributed by atoms with Gasteiger partial charge in [0.1, 0.15) is 6.10 Å². The number of piperidine rings is 1. The van der Waals surface area contributed by atoms with Gasteiger partial charge >= 0.3 is 5.97 Å². The Kier molecular flexibility index (Phi) is 6.52. The Morgan fingerprint density at radius 1 is 1.03 bits per heavy atom. The van der Waals surface area contributed by atoms with E-state index in [2.05, 4.69) is 24.8 Å². The minimum atomic E-state index is 0.0186. The number of likely N-dealkylation sites (tertiary alicyclic amines) is 1. The van der Waals surface area contributed by atoms with Crippen LogP contribution in [0.25, 0.3) is 0 Å². The first-order chi connectivity index (χ1) is 15.8. The third-order valence-corrected chi connectivity index (χ3v) is 11.0. The lowest BCUT2D eigenvalue weighted by atomic mass is 9.44. The smallest absolute Gasteiger partial charge is 0.307 e. The molecule has 4 heteroatoms. The second kappa shape index (κ2) is 9.13. The zero-order valence-electron chi connectivity index (χ0n) is 21.2. The Morgan fingerprint density at radius 2 is 1.82 bits per heavy atom. The summed E-state index contributed by atoms with van der Waals surface area (Å²) in [5.41, 5.74) is 1.61. The van der Waals surface area contributed by atoms with Crippen LogP contribution in [0.4, 0.5) is 0 Å². The largest absolute Gasteiger partial charge is 0.462 e. The third kappa shape index (κ3) is 4.23. The Morgan fingerprint density at radius 3 is 2.58 bits per heavy atom. The number of nitrogens with zero attached hydrogens (tertiary/aromatic N) is 1. The van der Waals surface area contributed by atoms with Gasteiger partial charge in [0.15, 0.2) is 5.78 Å².